The molecule has 5 rings (SSSR count). The molecule has 1 N–H and O–H groups in total. The van der Waals surface area contributed by atoms with E-state index in [0.717, 1.165) is 23.3 Å². The van der Waals surface area contributed by atoms with E-state index in [0.29, 0.717) is 29.4 Å². The molecule has 0 radical (unpaired) electrons. The van der Waals surface area contributed by atoms with Crippen LogP contribution in [0.15, 0.2) is 77.4 Å². The summed E-state index contributed by atoms with van der Waals surface area (Å²) in [5, 5.41) is 7.62. The largest absolute Gasteiger partial charge is 0.497 e. The number of furan rings is 1. The highest BCUT2D eigenvalue weighted by Gasteiger charge is 2.49. The molecule has 8 heteroatoms. The van der Waals surface area contributed by atoms with Gasteiger partial charge in [-0.25, -0.2) is 0 Å². The lowest BCUT2D eigenvalue weighted by molar-refractivity contribution is -0.126. The lowest BCUT2D eigenvalue weighted by atomic mass is 9.93. The van der Waals surface area contributed by atoms with E-state index in [-0.39, 0.29) is 18.4 Å². The number of carbonyl (C=O) groups excluding carboxylic acids is 2. The van der Waals surface area contributed by atoms with Crippen molar-refractivity contribution in [1.82, 2.24) is 15.1 Å². The van der Waals surface area contributed by atoms with E-state index in [9.17, 15) is 9.59 Å². The first-order valence-electron chi connectivity index (χ1n) is 11.9. The maximum Gasteiger partial charge on any atom is 0.277 e. The molecule has 8 nitrogen and oxygen atoms in total. The summed E-state index contributed by atoms with van der Waals surface area (Å²) in [4.78, 5) is 29.2. The average molecular weight is 485 g/mol. The van der Waals surface area contributed by atoms with Crippen molar-refractivity contribution in [3.8, 4) is 17.2 Å². The van der Waals surface area contributed by atoms with E-state index in [2.05, 4.69) is 17.3 Å². The molecular formula is C28H28N4O4. The fourth-order valence-corrected chi connectivity index (χ4v) is 4.53. The van der Waals surface area contributed by atoms with Crippen molar-refractivity contribution >= 4 is 17.5 Å². The number of anilines is 1. The highest BCUT2D eigenvalue weighted by Crippen LogP contribution is 2.34. The SMILES string of the molecule is CCc1ccc(N2C(=O)c3cc(-c4ccco4)nn3CC2(C)C(=O)NCc2ccc(OC)cc2)cc1. The second-order valence-corrected chi connectivity index (χ2v) is 9.01. The maximum atomic E-state index is 13.9. The normalized spacial score (nSPS) is 17.1. The van der Waals surface area contributed by atoms with Gasteiger partial charge in [0.2, 0.25) is 5.91 Å². The minimum Gasteiger partial charge on any atom is -0.497 e. The van der Waals surface area contributed by atoms with Crippen LogP contribution in [0.3, 0.4) is 0 Å². The summed E-state index contributed by atoms with van der Waals surface area (Å²) in [6, 6.07) is 20.5. The van der Waals surface area contributed by atoms with Gasteiger partial charge in [0.05, 0.1) is 19.9 Å². The molecule has 0 aliphatic carbocycles. The molecule has 184 valence electrons. The molecule has 3 heterocycles. The number of nitrogens with one attached hydrogen (secondary N) is 1. The topological polar surface area (TPSA) is 89.6 Å². The second kappa shape index (κ2) is 9.37. The number of fused-ring (bicyclic) bond motifs is 1. The minimum absolute atomic E-state index is 0.193. The standard InChI is InChI=1S/C28H28N4O4/c1-4-19-7-11-21(12-8-19)32-26(33)24-16-23(25-6-5-15-36-25)30-31(24)18-28(32,2)27(34)29-17-20-9-13-22(35-3)14-10-20/h5-16H,4,17-18H2,1-3H3,(H,29,34). The number of hydrogen-bond donors (Lipinski definition) is 1. The number of nitrogens with zero attached hydrogens (tertiary/aromatic N) is 3. The molecule has 0 fully saturated rings. The molecular weight excluding hydrogens is 456 g/mol. The molecule has 1 aliphatic rings. The van der Waals surface area contributed by atoms with Crippen molar-refractivity contribution < 1.29 is 18.7 Å². The van der Waals surface area contributed by atoms with Crippen LogP contribution >= 0.6 is 0 Å². The van der Waals surface area contributed by atoms with Gasteiger partial charge in [-0.1, -0.05) is 31.2 Å². The first-order chi connectivity index (χ1) is 17.4. The van der Waals surface area contributed by atoms with Gasteiger partial charge in [0.25, 0.3) is 5.91 Å². The van der Waals surface area contributed by atoms with Crippen LogP contribution in [0.4, 0.5) is 5.69 Å². The number of methoxy groups -OCH3 is 1. The van der Waals surface area contributed by atoms with Crippen molar-refractivity contribution in [1.29, 1.82) is 0 Å². The predicted molar refractivity (Wildman–Crippen MR) is 136 cm³/mol. The summed E-state index contributed by atoms with van der Waals surface area (Å²) in [5.74, 6) is 0.745. The van der Waals surface area contributed by atoms with Crippen molar-refractivity contribution in [3.63, 3.8) is 0 Å². The number of hydrogen-bond acceptors (Lipinski definition) is 5. The molecule has 0 saturated heterocycles. The molecule has 0 saturated carbocycles. The van der Waals surface area contributed by atoms with Gasteiger partial charge in [-0.05, 0) is 60.9 Å². The van der Waals surface area contributed by atoms with Crippen LogP contribution < -0.4 is 15.0 Å². The molecule has 1 atom stereocenters. The van der Waals surface area contributed by atoms with Crippen molar-refractivity contribution in [3.05, 3.63) is 89.8 Å². The van der Waals surface area contributed by atoms with Crippen molar-refractivity contribution in [2.24, 2.45) is 0 Å². The van der Waals surface area contributed by atoms with Crippen LogP contribution in [-0.4, -0.2) is 34.2 Å². The summed E-state index contributed by atoms with van der Waals surface area (Å²) in [5.41, 5.74) is 2.48. The Labute approximate surface area is 209 Å². The van der Waals surface area contributed by atoms with E-state index >= 15 is 0 Å². The highest BCUT2D eigenvalue weighted by molar-refractivity contribution is 6.12. The molecule has 4 aromatic rings. The number of aryl methyl sites for hydroxylation is 1. The van der Waals surface area contributed by atoms with Crippen LogP contribution in [0.5, 0.6) is 5.75 Å². The van der Waals surface area contributed by atoms with Gasteiger partial charge in [-0.3, -0.25) is 19.2 Å². The molecule has 2 aromatic carbocycles. The number of ether oxygens (including phenoxy) is 1. The van der Waals surface area contributed by atoms with E-state index in [1.165, 1.54) is 0 Å². The van der Waals surface area contributed by atoms with Gasteiger partial charge in [0.1, 0.15) is 22.7 Å². The Morgan fingerprint density at radius 3 is 2.47 bits per heavy atom. The fraction of sp³-hybridized carbons (Fsp3) is 0.250. The third kappa shape index (κ3) is 4.15. The smallest absolute Gasteiger partial charge is 0.277 e. The predicted octanol–water partition coefficient (Wildman–Crippen LogP) is 4.45. The van der Waals surface area contributed by atoms with Gasteiger partial charge in [-0.15, -0.1) is 0 Å². The summed E-state index contributed by atoms with van der Waals surface area (Å²) < 4.78 is 12.3. The Balaban J connectivity index is 1.50. The third-order valence-corrected chi connectivity index (χ3v) is 6.63. The molecule has 2 amide bonds. The van der Waals surface area contributed by atoms with Crippen molar-refractivity contribution in [2.45, 2.75) is 38.9 Å². The third-order valence-electron chi connectivity index (χ3n) is 6.63. The summed E-state index contributed by atoms with van der Waals surface area (Å²) in [7, 11) is 1.61. The molecule has 2 aromatic heterocycles. The number of carbonyl (C=O) groups is 2. The average Bonchev–Trinajstić information content (AvgIpc) is 3.58. The summed E-state index contributed by atoms with van der Waals surface area (Å²) >= 11 is 0. The summed E-state index contributed by atoms with van der Waals surface area (Å²) in [6.07, 6.45) is 2.45. The van der Waals surface area contributed by atoms with Gasteiger partial charge < -0.3 is 14.5 Å². The van der Waals surface area contributed by atoms with Gasteiger partial charge in [-0.2, -0.15) is 5.10 Å². The van der Waals surface area contributed by atoms with Crippen LogP contribution in [0.25, 0.3) is 11.5 Å². The van der Waals surface area contributed by atoms with E-state index < -0.39 is 5.54 Å². The Morgan fingerprint density at radius 1 is 1.11 bits per heavy atom. The second-order valence-electron chi connectivity index (χ2n) is 9.01. The Kier molecular flexibility index (Phi) is 6.10. The highest BCUT2D eigenvalue weighted by atomic mass is 16.5. The van der Waals surface area contributed by atoms with Crippen LogP contribution in [0, 0.1) is 0 Å². The van der Waals surface area contributed by atoms with E-state index in [1.807, 2.05) is 48.5 Å². The van der Waals surface area contributed by atoms with Crippen LogP contribution in [0.1, 0.15) is 35.5 Å². The number of rotatable bonds is 7. The van der Waals surface area contributed by atoms with Gasteiger partial charge in [0.15, 0.2) is 5.76 Å². The molecule has 36 heavy (non-hydrogen) atoms. The Morgan fingerprint density at radius 2 is 1.83 bits per heavy atom. The van der Waals surface area contributed by atoms with Crippen molar-refractivity contribution in [2.75, 3.05) is 12.0 Å². The zero-order chi connectivity index (χ0) is 25.3. The number of benzene rings is 2. The zero-order valence-corrected chi connectivity index (χ0v) is 20.5. The maximum absolute atomic E-state index is 13.9. The minimum atomic E-state index is -1.21. The lowest BCUT2D eigenvalue weighted by Gasteiger charge is -2.43. The first-order valence-corrected chi connectivity index (χ1v) is 11.9. The molecule has 0 spiro atoms. The van der Waals surface area contributed by atoms with Gasteiger partial charge >= 0.3 is 0 Å². The monoisotopic (exact) mass is 484 g/mol. The Bertz CT molecular complexity index is 1370. The quantitative estimate of drug-likeness (QED) is 0.419. The number of aromatic nitrogens is 2. The van der Waals surface area contributed by atoms with Crippen LogP contribution in [0.2, 0.25) is 0 Å². The van der Waals surface area contributed by atoms with E-state index in [4.69, 9.17) is 9.15 Å². The Hall–Kier alpha value is -4.33. The zero-order valence-electron chi connectivity index (χ0n) is 20.5. The van der Waals surface area contributed by atoms with E-state index in [1.54, 1.807) is 48.1 Å². The van der Waals surface area contributed by atoms with Crippen LogP contribution in [-0.2, 0) is 24.3 Å². The van der Waals surface area contributed by atoms with Gasteiger partial charge in [0, 0.05) is 18.3 Å². The first kappa shape index (κ1) is 23.4. The fourth-order valence-electron chi connectivity index (χ4n) is 4.53. The number of amides is 2. The lowest BCUT2D eigenvalue weighted by Crippen LogP contribution is -2.64. The molecule has 1 aliphatic heterocycles. The molecule has 0 bridgehead atoms. The molecule has 1 unspecified atom stereocenters. The summed E-state index contributed by atoms with van der Waals surface area (Å²) in [6.45, 7) is 4.36.